The van der Waals surface area contributed by atoms with Crippen molar-refractivity contribution in [1.82, 2.24) is 0 Å². The van der Waals surface area contributed by atoms with Crippen LogP contribution in [0.1, 0.15) is 23.1 Å². The second-order valence-corrected chi connectivity index (χ2v) is 7.11. The largest absolute Gasteiger partial charge is 0.456 e. The normalized spacial score (nSPS) is 10.4. The first-order chi connectivity index (χ1) is 11.9. The van der Waals surface area contributed by atoms with E-state index in [1.807, 2.05) is 63.2 Å². The molecule has 0 aliphatic rings. The van der Waals surface area contributed by atoms with E-state index in [1.165, 1.54) is 5.56 Å². The molecule has 5 heteroatoms. The van der Waals surface area contributed by atoms with Gasteiger partial charge in [0, 0.05) is 16.3 Å². The van der Waals surface area contributed by atoms with Gasteiger partial charge in [0.1, 0.15) is 0 Å². The van der Waals surface area contributed by atoms with E-state index in [-0.39, 0.29) is 24.9 Å². The van der Waals surface area contributed by atoms with Crippen LogP contribution >= 0.6 is 11.8 Å². The van der Waals surface area contributed by atoms with Crippen LogP contribution in [-0.4, -0.2) is 24.2 Å². The molecule has 0 aliphatic heterocycles. The first kappa shape index (κ1) is 19.1. The molecule has 0 spiro atoms. The number of nitrogens with one attached hydrogen (secondary N) is 1. The summed E-state index contributed by atoms with van der Waals surface area (Å²) in [6.45, 7) is 5.65. The summed E-state index contributed by atoms with van der Waals surface area (Å²) in [5.74, 6) is -0.0653. The van der Waals surface area contributed by atoms with Crippen LogP contribution in [0, 0.1) is 20.8 Å². The second kappa shape index (κ2) is 9.28. The van der Waals surface area contributed by atoms with Gasteiger partial charge in [-0.2, -0.15) is 0 Å². The Morgan fingerprint density at radius 1 is 1.00 bits per heavy atom. The molecule has 4 nitrogen and oxygen atoms in total. The van der Waals surface area contributed by atoms with E-state index >= 15 is 0 Å². The van der Waals surface area contributed by atoms with Gasteiger partial charge in [0.05, 0.1) is 6.42 Å². The fourth-order valence-electron chi connectivity index (χ4n) is 2.16. The maximum Gasteiger partial charge on any atom is 0.307 e. The fraction of sp³-hybridized carbons (Fsp3) is 0.300. The van der Waals surface area contributed by atoms with Crippen molar-refractivity contribution in [3.05, 3.63) is 59.2 Å². The van der Waals surface area contributed by atoms with E-state index in [0.29, 0.717) is 5.75 Å². The fourth-order valence-corrected chi connectivity index (χ4v) is 2.99. The van der Waals surface area contributed by atoms with E-state index in [1.54, 1.807) is 11.8 Å². The molecule has 0 aromatic heterocycles. The molecule has 25 heavy (non-hydrogen) atoms. The van der Waals surface area contributed by atoms with E-state index < -0.39 is 0 Å². The SMILES string of the molecule is Cc1ccc(SCCC(=O)OCC(=O)Nc2cc(C)ccc2C)cc1. The van der Waals surface area contributed by atoms with Crippen molar-refractivity contribution in [3.8, 4) is 0 Å². The number of esters is 1. The summed E-state index contributed by atoms with van der Waals surface area (Å²) < 4.78 is 5.04. The highest BCUT2D eigenvalue weighted by Gasteiger charge is 2.09. The third-order valence-corrected chi connectivity index (χ3v) is 4.64. The van der Waals surface area contributed by atoms with Crippen LogP contribution in [0.25, 0.3) is 0 Å². The standard InChI is InChI=1S/C20H23NO3S/c1-14-5-8-17(9-6-14)25-11-10-20(23)24-13-19(22)21-18-12-15(2)4-7-16(18)3/h4-9,12H,10-11,13H2,1-3H3,(H,21,22). The highest BCUT2D eigenvalue weighted by Crippen LogP contribution is 2.19. The summed E-state index contributed by atoms with van der Waals surface area (Å²) >= 11 is 1.60. The van der Waals surface area contributed by atoms with Gasteiger partial charge in [-0.3, -0.25) is 9.59 Å². The smallest absolute Gasteiger partial charge is 0.307 e. The highest BCUT2D eigenvalue weighted by atomic mass is 32.2. The minimum Gasteiger partial charge on any atom is -0.456 e. The summed E-state index contributed by atoms with van der Waals surface area (Å²) in [7, 11) is 0. The van der Waals surface area contributed by atoms with Crippen LogP contribution in [0.15, 0.2) is 47.4 Å². The molecular formula is C20H23NO3S. The lowest BCUT2D eigenvalue weighted by Crippen LogP contribution is -2.21. The number of benzene rings is 2. The number of hydrogen-bond donors (Lipinski definition) is 1. The van der Waals surface area contributed by atoms with E-state index in [9.17, 15) is 9.59 Å². The Bertz CT molecular complexity index is 741. The Hall–Kier alpha value is -2.27. The molecule has 0 bridgehead atoms. The summed E-state index contributed by atoms with van der Waals surface area (Å²) in [5.41, 5.74) is 3.99. The maximum atomic E-state index is 11.9. The molecule has 0 unspecified atom stereocenters. The predicted molar refractivity (Wildman–Crippen MR) is 102 cm³/mol. The number of aryl methyl sites for hydroxylation is 3. The second-order valence-electron chi connectivity index (χ2n) is 5.94. The summed E-state index contributed by atoms with van der Waals surface area (Å²) in [4.78, 5) is 24.8. The highest BCUT2D eigenvalue weighted by molar-refractivity contribution is 7.99. The quantitative estimate of drug-likeness (QED) is 0.594. The Balaban J connectivity index is 1.69. The van der Waals surface area contributed by atoms with Gasteiger partial charge in [0.2, 0.25) is 0 Å². The number of carbonyl (C=O) groups is 2. The molecule has 0 radical (unpaired) electrons. The number of amides is 1. The van der Waals surface area contributed by atoms with Crippen LogP contribution in [0.3, 0.4) is 0 Å². The average Bonchev–Trinajstić information content (AvgIpc) is 2.58. The molecule has 0 heterocycles. The zero-order valence-electron chi connectivity index (χ0n) is 14.8. The third-order valence-electron chi connectivity index (χ3n) is 3.63. The minimum atomic E-state index is -0.365. The first-order valence-corrected chi connectivity index (χ1v) is 9.15. The van der Waals surface area contributed by atoms with Gasteiger partial charge in [-0.25, -0.2) is 0 Å². The Morgan fingerprint density at radius 3 is 2.40 bits per heavy atom. The molecule has 2 aromatic rings. The number of ether oxygens (including phenoxy) is 1. The van der Waals surface area contributed by atoms with Crippen molar-refractivity contribution in [2.24, 2.45) is 0 Å². The van der Waals surface area contributed by atoms with Gasteiger partial charge in [0.25, 0.3) is 5.91 Å². The van der Waals surface area contributed by atoms with Crippen LogP contribution < -0.4 is 5.32 Å². The first-order valence-electron chi connectivity index (χ1n) is 8.16. The lowest BCUT2D eigenvalue weighted by Gasteiger charge is -2.10. The van der Waals surface area contributed by atoms with Crippen molar-refractivity contribution in [2.75, 3.05) is 17.7 Å². The van der Waals surface area contributed by atoms with Gasteiger partial charge < -0.3 is 10.1 Å². The maximum absolute atomic E-state index is 11.9. The van der Waals surface area contributed by atoms with Gasteiger partial charge >= 0.3 is 5.97 Å². The van der Waals surface area contributed by atoms with Crippen molar-refractivity contribution in [1.29, 1.82) is 0 Å². The molecule has 2 aromatic carbocycles. The zero-order chi connectivity index (χ0) is 18.2. The van der Waals surface area contributed by atoms with Crippen LogP contribution in [0.5, 0.6) is 0 Å². The van der Waals surface area contributed by atoms with Gasteiger partial charge in [-0.15, -0.1) is 11.8 Å². The van der Waals surface area contributed by atoms with Gasteiger partial charge in [0.15, 0.2) is 6.61 Å². The number of hydrogen-bond acceptors (Lipinski definition) is 4. The van der Waals surface area contributed by atoms with E-state index in [0.717, 1.165) is 21.7 Å². The Labute approximate surface area is 153 Å². The van der Waals surface area contributed by atoms with Crippen molar-refractivity contribution < 1.29 is 14.3 Å². The van der Waals surface area contributed by atoms with Crippen LogP contribution in [-0.2, 0) is 14.3 Å². The Morgan fingerprint density at radius 2 is 1.68 bits per heavy atom. The molecule has 0 fully saturated rings. The monoisotopic (exact) mass is 357 g/mol. The molecule has 2 rings (SSSR count). The molecule has 0 aliphatic carbocycles. The molecule has 1 N–H and O–H groups in total. The van der Waals surface area contributed by atoms with Gasteiger partial charge in [-0.05, 0) is 50.1 Å². The lowest BCUT2D eigenvalue weighted by atomic mass is 10.1. The third kappa shape index (κ3) is 6.63. The number of thioether (sulfide) groups is 1. The van der Waals surface area contributed by atoms with E-state index in [2.05, 4.69) is 5.32 Å². The van der Waals surface area contributed by atoms with Crippen LogP contribution in [0.2, 0.25) is 0 Å². The average molecular weight is 357 g/mol. The number of rotatable bonds is 7. The molecule has 0 atom stereocenters. The summed E-state index contributed by atoms with van der Waals surface area (Å²) in [6.07, 6.45) is 0.273. The molecular weight excluding hydrogens is 334 g/mol. The summed E-state index contributed by atoms with van der Waals surface area (Å²) in [6, 6.07) is 14.0. The molecule has 0 saturated heterocycles. The van der Waals surface area contributed by atoms with Crippen molar-refractivity contribution in [3.63, 3.8) is 0 Å². The number of anilines is 1. The molecule has 1 amide bonds. The van der Waals surface area contributed by atoms with Gasteiger partial charge in [-0.1, -0.05) is 29.8 Å². The van der Waals surface area contributed by atoms with Crippen molar-refractivity contribution >= 4 is 29.3 Å². The predicted octanol–water partition coefficient (Wildman–Crippen LogP) is 4.28. The number of carbonyl (C=O) groups excluding carboxylic acids is 2. The zero-order valence-corrected chi connectivity index (χ0v) is 15.6. The Kier molecular flexibility index (Phi) is 7.07. The minimum absolute atomic E-state index is 0.262. The lowest BCUT2D eigenvalue weighted by molar-refractivity contribution is -0.146. The van der Waals surface area contributed by atoms with E-state index in [4.69, 9.17) is 4.74 Å². The molecule has 0 saturated carbocycles. The summed E-state index contributed by atoms with van der Waals surface area (Å²) in [5, 5.41) is 2.77. The topological polar surface area (TPSA) is 55.4 Å². The van der Waals surface area contributed by atoms with Crippen molar-refractivity contribution in [2.45, 2.75) is 32.1 Å². The molecule has 132 valence electrons. The van der Waals surface area contributed by atoms with Crippen LogP contribution in [0.4, 0.5) is 5.69 Å².